The van der Waals surface area contributed by atoms with E-state index < -0.39 is 5.91 Å². The SMILES string of the molecule is CC(=O)c1cccc(NC(=O)c2cc(OCCN3CCOCC3)nc(N3CCOCC3)n2)c1. The quantitative estimate of drug-likeness (QED) is 0.593. The van der Waals surface area contributed by atoms with Crippen molar-refractivity contribution in [2.24, 2.45) is 0 Å². The Morgan fingerprint density at radius 3 is 2.48 bits per heavy atom. The highest BCUT2D eigenvalue weighted by Gasteiger charge is 2.20. The molecule has 1 aromatic heterocycles. The third-order valence-corrected chi connectivity index (χ3v) is 5.51. The smallest absolute Gasteiger partial charge is 0.274 e. The molecule has 0 spiro atoms. The molecule has 4 rings (SSSR count). The predicted octanol–water partition coefficient (Wildman–Crippen LogP) is 1.48. The van der Waals surface area contributed by atoms with Crippen molar-refractivity contribution >= 4 is 23.3 Å². The maximum absolute atomic E-state index is 13.0. The molecule has 176 valence electrons. The largest absolute Gasteiger partial charge is 0.476 e. The number of ether oxygens (including phenoxy) is 3. The Bertz CT molecular complexity index is 973. The highest BCUT2D eigenvalue weighted by Crippen LogP contribution is 2.19. The lowest BCUT2D eigenvalue weighted by Gasteiger charge is -2.27. The lowest BCUT2D eigenvalue weighted by molar-refractivity contribution is 0.0320. The van der Waals surface area contributed by atoms with E-state index in [2.05, 4.69) is 20.2 Å². The molecule has 2 aliphatic rings. The molecule has 2 saturated heterocycles. The van der Waals surface area contributed by atoms with Crippen molar-refractivity contribution in [2.75, 3.05) is 76.0 Å². The number of ketones is 1. The number of anilines is 2. The Labute approximate surface area is 192 Å². The molecule has 1 aromatic carbocycles. The maximum Gasteiger partial charge on any atom is 0.274 e. The van der Waals surface area contributed by atoms with Gasteiger partial charge in [-0.1, -0.05) is 12.1 Å². The average Bonchev–Trinajstić information content (AvgIpc) is 2.85. The number of nitrogens with one attached hydrogen (secondary N) is 1. The van der Waals surface area contributed by atoms with Crippen molar-refractivity contribution in [3.8, 4) is 5.88 Å². The van der Waals surface area contributed by atoms with Crippen LogP contribution in [0.4, 0.5) is 11.6 Å². The van der Waals surface area contributed by atoms with E-state index in [-0.39, 0.29) is 11.5 Å². The van der Waals surface area contributed by atoms with Crippen LogP contribution in [-0.4, -0.2) is 92.3 Å². The molecule has 10 nitrogen and oxygen atoms in total. The summed E-state index contributed by atoms with van der Waals surface area (Å²) in [5, 5.41) is 2.82. The van der Waals surface area contributed by atoms with Crippen LogP contribution in [-0.2, 0) is 9.47 Å². The molecule has 10 heteroatoms. The predicted molar refractivity (Wildman–Crippen MR) is 122 cm³/mol. The van der Waals surface area contributed by atoms with Crippen LogP contribution in [0.2, 0.25) is 0 Å². The highest BCUT2D eigenvalue weighted by molar-refractivity contribution is 6.04. The van der Waals surface area contributed by atoms with Crippen LogP contribution < -0.4 is 15.0 Å². The second-order valence-electron chi connectivity index (χ2n) is 7.88. The molecule has 1 N–H and O–H groups in total. The minimum absolute atomic E-state index is 0.0707. The first kappa shape index (κ1) is 23.1. The van der Waals surface area contributed by atoms with E-state index in [0.717, 1.165) is 32.8 Å². The van der Waals surface area contributed by atoms with Crippen LogP contribution in [0, 0.1) is 0 Å². The van der Waals surface area contributed by atoms with E-state index in [9.17, 15) is 9.59 Å². The number of amides is 1. The first-order valence-electron chi connectivity index (χ1n) is 11.2. The van der Waals surface area contributed by atoms with Gasteiger partial charge in [0.1, 0.15) is 12.3 Å². The monoisotopic (exact) mass is 455 g/mol. The summed E-state index contributed by atoms with van der Waals surface area (Å²) in [7, 11) is 0. The van der Waals surface area contributed by atoms with Gasteiger partial charge in [-0.25, -0.2) is 4.98 Å². The Hall–Kier alpha value is -3.08. The molecule has 1 amide bonds. The number of hydrogen-bond acceptors (Lipinski definition) is 9. The minimum Gasteiger partial charge on any atom is -0.476 e. The van der Waals surface area contributed by atoms with E-state index in [1.807, 2.05) is 4.90 Å². The molecule has 0 radical (unpaired) electrons. The fourth-order valence-electron chi connectivity index (χ4n) is 3.62. The fourth-order valence-corrected chi connectivity index (χ4v) is 3.62. The molecular formula is C23H29N5O5. The highest BCUT2D eigenvalue weighted by atomic mass is 16.5. The number of carbonyl (C=O) groups is 2. The van der Waals surface area contributed by atoms with Gasteiger partial charge in [0.2, 0.25) is 11.8 Å². The number of morpholine rings is 2. The van der Waals surface area contributed by atoms with Crippen LogP contribution in [0.1, 0.15) is 27.8 Å². The topological polar surface area (TPSA) is 106 Å². The van der Waals surface area contributed by atoms with Gasteiger partial charge in [-0.3, -0.25) is 14.5 Å². The summed E-state index contributed by atoms with van der Waals surface area (Å²) in [6.07, 6.45) is 0. The van der Waals surface area contributed by atoms with Gasteiger partial charge in [0, 0.05) is 50.0 Å². The second kappa shape index (κ2) is 11.2. The molecule has 2 aromatic rings. The molecule has 0 aliphatic carbocycles. The van der Waals surface area contributed by atoms with E-state index in [4.69, 9.17) is 14.2 Å². The normalized spacial score (nSPS) is 16.9. The Balaban J connectivity index is 1.49. The Morgan fingerprint density at radius 1 is 1.03 bits per heavy atom. The number of benzene rings is 1. The summed E-state index contributed by atoms with van der Waals surface area (Å²) in [6.45, 7) is 8.31. The number of carbonyl (C=O) groups excluding carboxylic acids is 2. The van der Waals surface area contributed by atoms with Crippen molar-refractivity contribution < 1.29 is 23.8 Å². The van der Waals surface area contributed by atoms with Gasteiger partial charge < -0.3 is 24.4 Å². The lowest BCUT2D eigenvalue weighted by Crippen LogP contribution is -2.39. The molecule has 2 aliphatic heterocycles. The van der Waals surface area contributed by atoms with Crippen LogP contribution in [0.15, 0.2) is 30.3 Å². The molecule has 0 bridgehead atoms. The van der Waals surface area contributed by atoms with E-state index in [1.54, 1.807) is 30.3 Å². The molecule has 3 heterocycles. The molecule has 2 fully saturated rings. The van der Waals surface area contributed by atoms with Crippen LogP contribution in [0.25, 0.3) is 0 Å². The number of aromatic nitrogens is 2. The van der Waals surface area contributed by atoms with Gasteiger partial charge in [-0.2, -0.15) is 4.98 Å². The van der Waals surface area contributed by atoms with Crippen LogP contribution in [0.5, 0.6) is 5.88 Å². The van der Waals surface area contributed by atoms with E-state index in [1.165, 1.54) is 6.92 Å². The third-order valence-electron chi connectivity index (χ3n) is 5.51. The average molecular weight is 456 g/mol. The summed E-state index contributed by atoms with van der Waals surface area (Å²) >= 11 is 0. The standard InChI is InChI=1S/C23H29N5O5/c1-17(29)18-3-2-4-19(15-18)24-22(30)20-16-21(33-14-7-27-5-10-31-11-6-27)26-23(25-20)28-8-12-32-13-9-28/h2-4,15-16H,5-14H2,1H3,(H,24,30). The summed E-state index contributed by atoms with van der Waals surface area (Å²) in [4.78, 5) is 37.9. The zero-order valence-electron chi connectivity index (χ0n) is 18.8. The maximum atomic E-state index is 13.0. The summed E-state index contributed by atoms with van der Waals surface area (Å²) < 4.78 is 16.7. The fraction of sp³-hybridized carbons (Fsp3) is 0.478. The minimum atomic E-state index is -0.398. The molecule has 0 unspecified atom stereocenters. The van der Waals surface area contributed by atoms with Gasteiger partial charge in [0.05, 0.1) is 26.4 Å². The van der Waals surface area contributed by atoms with Crippen LogP contribution in [0.3, 0.4) is 0 Å². The van der Waals surface area contributed by atoms with Gasteiger partial charge in [0.25, 0.3) is 5.91 Å². The van der Waals surface area contributed by atoms with Crippen molar-refractivity contribution in [3.63, 3.8) is 0 Å². The number of Topliss-reactive ketones (excluding diaryl/α,β-unsaturated/α-hetero) is 1. The first-order valence-corrected chi connectivity index (χ1v) is 11.2. The molecule has 0 saturated carbocycles. The van der Waals surface area contributed by atoms with Gasteiger partial charge in [-0.05, 0) is 19.1 Å². The van der Waals surface area contributed by atoms with Crippen molar-refractivity contribution in [2.45, 2.75) is 6.92 Å². The zero-order chi connectivity index (χ0) is 23.0. The zero-order valence-corrected chi connectivity index (χ0v) is 18.8. The van der Waals surface area contributed by atoms with Crippen molar-refractivity contribution in [3.05, 3.63) is 41.6 Å². The molecule has 0 atom stereocenters. The third kappa shape index (κ3) is 6.47. The van der Waals surface area contributed by atoms with Crippen LogP contribution >= 0.6 is 0 Å². The van der Waals surface area contributed by atoms with Crippen molar-refractivity contribution in [1.29, 1.82) is 0 Å². The summed E-state index contributed by atoms with van der Waals surface area (Å²) in [6, 6.07) is 8.36. The number of rotatable bonds is 8. The molecular weight excluding hydrogens is 426 g/mol. The van der Waals surface area contributed by atoms with Gasteiger partial charge >= 0.3 is 0 Å². The van der Waals surface area contributed by atoms with E-state index >= 15 is 0 Å². The number of hydrogen-bond donors (Lipinski definition) is 1. The second-order valence-corrected chi connectivity index (χ2v) is 7.88. The number of nitrogens with zero attached hydrogens (tertiary/aromatic N) is 4. The summed E-state index contributed by atoms with van der Waals surface area (Å²) in [5.74, 6) is 0.316. The van der Waals surface area contributed by atoms with Gasteiger partial charge in [-0.15, -0.1) is 0 Å². The lowest BCUT2D eigenvalue weighted by atomic mass is 10.1. The van der Waals surface area contributed by atoms with Crippen molar-refractivity contribution in [1.82, 2.24) is 14.9 Å². The Morgan fingerprint density at radius 2 is 1.76 bits per heavy atom. The van der Waals surface area contributed by atoms with Gasteiger partial charge in [0.15, 0.2) is 5.78 Å². The molecule has 33 heavy (non-hydrogen) atoms. The Kier molecular flexibility index (Phi) is 7.82. The van der Waals surface area contributed by atoms with E-state index in [0.29, 0.717) is 56.0 Å². The first-order chi connectivity index (χ1) is 16.1. The summed E-state index contributed by atoms with van der Waals surface area (Å²) in [5.41, 5.74) is 1.24.